The van der Waals surface area contributed by atoms with E-state index in [1.807, 2.05) is 30.3 Å². The van der Waals surface area contributed by atoms with Gasteiger partial charge in [-0.05, 0) is 24.3 Å². The van der Waals surface area contributed by atoms with Crippen molar-refractivity contribution in [1.29, 1.82) is 0 Å². The predicted molar refractivity (Wildman–Crippen MR) is 94.9 cm³/mol. The highest BCUT2D eigenvalue weighted by molar-refractivity contribution is 6.30. The Balaban J connectivity index is 1.58. The Morgan fingerprint density at radius 2 is 1.61 bits per heavy atom. The summed E-state index contributed by atoms with van der Waals surface area (Å²) in [5, 5.41) is 13.5. The Labute approximate surface area is 141 Å². The molecule has 0 saturated carbocycles. The number of hydrogen-bond donors (Lipinski definition) is 1. The van der Waals surface area contributed by atoms with Crippen molar-refractivity contribution >= 4 is 23.0 Å². The van der Waals surface area contributed by atoms with Crippen LogP contribution in [0.1, 0.15) is 5.56 Å². The van der Waals surface area contributed by atoms with E-state index in [0.717, 1.165) is 31.7 Å². The van der Waals surface area contributed by atoms with Gasteiger partial charge in [0.05, 0.1) is 0 Å². The molecule has 0 spiro atoms. The predicted octanol–water partition coefficient (Wildman–Crippen LogP) is 3.34. The quantitative estimate of drug-likeness (QED) is 0.531. The van der Waals surface area contributed by atoms with Gasteiger partial charge in [-0.15, -0.1) is 0 Å². The number of nitrogens with zero attached hydrogens (tertiary/aromatic N) is 3. The lowest BCUT2D eigenvalue weighted by molar-refractivity contribution is 0.280. The highest BCUT2D eigenvalue weighted by Gasteiger charge is 2.19. The van der Waals surface area contributed by atoms with Crippen molar-refractivity contribution in [3.8, 4) is 0 Å². The first-order chi connectivity index (χ1) is 11.3. The number of rotatable bonds is 4. The van der Waals surface area contributed by atoms with Crippen molar-refractivity contribution in [2.45, 2.75) is 0 Å². The lowest BCUT2D eigenvalue weighted by Gasteiger charge is -2.36. The highest BCUT2D eigenvalue weighted by Crippen LogP contribution is 2.16. The summed E-state index contributed by atoms with van der Waals surface area (Å²) in [6.45, 7) is 4.48. The number of para-hydroxylation sites is 1. The van der Waals surface area contributed by atoms with E-state index in [9.17, 15) is 5.21 Å². The molecule has 2 aromatic rings. The molecule has 3 rings (SSSR count). The Bertz CT molecular complexity index is 650. The van der Waals surface area contributed by atoms with Gasteiger partial charge in [0.15, 0.2) is 0 Å². The first kappa shape index (κ1) is 15.8. The van der Waals surface area contributed by atoms with Gasteiger partial charge < -0.3 is 10.1 Å². The van der Waals surface area contributed by atoms with Crippen LogP contribution in [-0.2, 0) is 0 Å². The smallest absolute Gasteiger partial charge is 0.101 e. The van der Waals surface area contributed by atoms with E-state index in [1.54, 1.807) is 0 Å². The molecule has 1 aliphatic rings. The minimum Gasteiger partial charge on any atom is -0.411 e. The van der Waals surface area contributed by atoms with Crippen LogP contribution < -0.4 is 4.90 Å². The molecule has 0 aliphatic carbocycles. The van der Waals surface area contributed by atoms with Crippen LogP contribution in [0.3, 0.4) is 0 Å². The first-order valence-corrected chi connectivity index (χ1v) is 8.13. The van der Waals surface area contributed by atoms with Crippen molar-refractivity contribution in [2.75, 3.05) is 37.6 Å². The zero-order chi connectivity index (χ0) is 16.1. The van der Waals surface area contributed by atoms with E-state index in [2.05, 4.69) is 39.2 Å². The van der Waals surface area contributed by atoms with Crippen LogP contribution in [0.2, 0.25) is 5.02 Å². The van der Waals surface area contributed by atoms with Crippen molar-refractivity contribution in [2.24, 2.45) is 5.16 Å². The molecule has 1 fully saturated rings. The van der Waals surface area contributed by atoms with Gasteiger partial charge in [-0.1, -0.05) is 47.1 Å². The number of piperazine rings is 1. The van der Waals surface area contributed by atoms with Crippen LogP contribution in [0.15, 0.2) is 59.8 Å². The second-order valence-electron chi connectivity index (χ2n) is 5.65. The maximum absolute atomic E-state index is 9.33. The maximum atomic E-state index is 9.33. The average Bonchev–Trinajstić information content (AvgIpc) is 2.62. The van der Waals surface area contributed by atoms with Crippen LogP contribution in [0, 0.1) is 0 Å². The zero-order valence-corrected chi connectivity index (χ0v) is 13.7. The minimum absolute atomic E-state index is 0.640. The number of anilines is 1. The van der Waals surface area contributed by atoms with E-state index in [1.165, 1.54) is 5.69 Å². The van der Waals surface area contributed by atoms with Crippen molar-refractivity contribution < 1.29 is 5.21 Å². The van der Waals surface area contributed by atoms with Crippen molar-refractivity contribution in [3.05, 3.63) is 65.2 Å². The Morgan fingerprint density at radius 3 is 2.22 bits per heavy atom. The molecule has 1 N–H and O–H groups in total. The van der Waals surface area contributed by atoms with E-state index >= 15 is 0 Å². The fourth-order valence-electron chi connectivity index (χ4n) is 2.84. The summed E-state index contributed by atoms with van der Waals surface area (Å²) in [6, 6.07) is 17.9. The van der Waals surface area contributed by atoms with Crippen LogP contribution in [0.25, 0.3) is 0 Å². The fourth-order valence-corrected chi connectivity index (χ4v) is 2.96. The van der Waals surface area contributed by atoms with Crippen molar-refractivity contribution in [3.63, 3.8) is 0 Å². The Hall–Kier alpha value is -2.04. The largest absolute Gasteiger partial charge is 0.411 e. The van der Waals surface area contributed by atoms with Gasteiger partial charge in [0.25, 0.3) is 0 Å². The number of halogens is 1. The van der Waals surface area contributed by atoms with Crippen LogP contribution in [0.4, 0.5) is 5.69 Å². The van der Waals surface area contributed by atoms with Gasteiger partial charge in [0, 0.05) is 49.0 Å². The van der Waals surface area contributed by atoms with Gasteiger partial charge in [-0.3, -0.25) is 4.90 Å². The molecule has 5 heteroatoms. The average molecular weight is 330 g/mol. The summed E-state index contributed by atoms with van der Waals surface area (Å²) in [5.41, 5.74) is 2.85. The van der Waals surface area contributed by atoms with Gasteiger partial charge in [-0.25, -0.2) is 0 Å². The highest BCUT2D eigenvalue weighted by atomic mass is 35.5. The lowest BCUT2D eigenvalue weighted by Crippen LogP contribution is -2.48. The molecule has 0 bridgehead atoms. The number of oxime groups is 1. The van der Waals surface area contributed by atoms with E-state index in [-0.39, 0.29) is 0 Å². The molecule has 1 heterocycles. The molecule has 23 heavy (non-hydrogen) atoms. The Morgan fingerprint density at radius 1 is 0.957 bits per heavy atom. The molecule has 0 unspecified atom stereocenters. The van der Waals surface area contributed by atoms with E-state index in [0.29, 0.717) is 17.3 Å². The molecule has 0 atom stereocenters. The van der Waals surface area contributed by atoms with Crippen LogP contribution in [0.5, 0.6) is 0 Å². The second kappa shape index (κ2) is 7.49. The third-order valence-corrected chi connectivity index (χ3v) is 4.42. The summed E-state index contributed by atoms with van der Waals surface area (Å²) in [6.07, 6.45) is 0. The fraction of sp³-hybridized carbons (Fsp3) is 0.278. The van der Waals surface area contributed by atoms with E-state index in [4.69, 9.17) is 11.6 Å². The second-order valence-corrected chi connectivity index (χ2v) is 6.09. The molecule has 0 amide bonds. The van der Waals surface area contributed by atoms with Crippen LogP contribution in [-0.4, -0.2) is 48.5 Å². The van der Waals surface area contributed by atoms with Gasteiger partial charge in [-0.2, -0.15) is 0 Å². The third-order valence-electron chi connectivity index (χ3n) is 4.17. The molecule has 2 aromatic carbocycles. The normalized spacial score (nSPS) is 16.6. The summed E-state index contributed by atoms with van der Waals surface area (Å²) in [5.74, 6) is 0. The molecule has 120 valence electrons. The molecular weight excluding hydrogens is 310 g/mol. The summed E-state index contributed by atoms with van der Waals surface area (Å²) in [4.78, 5) is 4.69. The summed E-state index contributed by atoms with van der Waals surface area (Å²) < 4.78 is 0. The minimum atomic E-state index is 0.640. The topological polar surface area (TPSA) is 39.1 Å². The molecule has 4 nitrogen and oxygen atoms in total. The SMILES string of the molecule is O/N=C(\CN1CCN(c2ccccc2)CC1)c1ccc(Cl)cc1. The summed E-state index contributed by atoms with van der Waals surface area (Å²) in [7, 11) is 0. The van der Waals surface area contributed by atoms with Gasteiger partial charge in [0.2, 0.25) is 0 Å². The first-order valence-electron chi connectivity index (χ1n) is 7.75. The molecule has 1 saturated heterocycles. The maximum Gasteiger partial charge on any atom is 0.101 e. The monoisotopic (exact) mass is 329 g/mol. The molecule has 0 radical (unpaired) electrons. The van der Waals surface area contributed by atoms with E-state index < -0.39 is 0 Å². The number of hydrogen-bond acceptors (Lipinski definition) is 4. The van der Waals surface area contributed by atoms with Crippen molar-refractivity contribution in [1.82, 2.24) is 4.90 Å². The standard InChI is InChI=1S/C18H20ClN3O/c19-16-8-6-15(7-9-16)18(20-23)14-21-10-12-22(13-11-21)17-4-2-1-3-5-17/h1-9,23H,10-14H2/b20-18+. The summed E-state index contributed by atoms with van der Waals surface area (Å²) >= 11 is 5.91. The molecule has 0 aromatic heterocycles. The van der Waals surface area contributed by atoms with Gasteiger partial charge >= 0.3 is 0 Å². The number of benzene rings is 2. The zero-order valence-electron chi connectivity index (χ0n) is 12.9. The molecular formula is C18H20ClN3O. The third kappa shape index (κ3) is 4.03. The Kier molecular flexibility index (Phi) is 5.16. The lowest BCUT2D eigenvalue weighted by atomic mass is 10.1. The van der Waals surface area contributed by atoms with Gasteiger partial charge in [0.1, 0.15) is 5.71 Å². The molecule has 1 aliphatic heterocycles. The van der Waals surface area contributed by atoms with Crippen LogP contribution >= 0.6 is 11.6 Å².